The summed E-state index contributed by atoms with van der Waals surface area (Å²) in [5, 5.41) is 8.79. The van der Waals surface area contributed by atoms with Gasteiger partial charge in [0.1, 0.15) is 17.6 Å². The van der Waals surface area contributed by atoms with Crippen molar-refractivity contribution in [2.75, 3.05) is 0 Å². The summed E-state index contributed by atoms with van der Waals surface area (Å²) in [7, 11) is 0.0808. The second kappa shape index (κ2) is 9.36. The molecule has 0 radical (unpaired) electrons. The Kier molecular flexibility index (Phi) is 6.86. The van der Waals surface area contributed by atoms with Gasteiger partial charge < -0.3 is 4.74 Å². The predicted molar refractivity (Wildman–Crippen MR) is 116 cm³/mol. The summed E-state index contributed by atoms with van der Waals surface area (Å²) in [5.74, 6) is -1.12. The minimum Gasteiger partial charge on any atom is -0.423 e. The molecular formula is C24H28FNO2Si. The molecule has 0 N–H and O–H groups in total. The van der Waals surface area contributed by atoms with Gasteiger partial charge in [-0.2, -0.15) is 5.26 Å². The lowest BCUT2D eigenvalue weighted by molar-refractivity contribution is 0.0734. The summed E-state index contributed by atoms with van der Waals surface area (Å²) in [4.78, 5) is 12.4. The fourth-order valence-corrected chi connectivity index (χ4v) is 6.35. The van der Waals surface area contributed by atoms with E-state index in [2.05, 4.69) is 26.0 Å². The van der Waals surface area contributed by atoms with E-state index in [4.69, 9.17) is 10.00 Å². The molecule has 2 aromatic carbocycles. The Morgan fingerprint density at radius 2 is 1.90 bits per heavy atom. The zero-order valence-electron chi connectivity index (χ0n) is 17.2. The van der Waals surface area contributed by atoms with Crippen LogP contribution >= 0.6 is 0 Å². The fourth-order valence-electron chi connectivity index (χ4n) is 4.55. The molecule has 0 atom stereocenters. The lowest BCUT2D eigenvalue weighted by Gasteiger charge is -2.40. The number of nitrogens with zero attached hydrogens (tertiary/aromatic N) is 1. The third-order valence-electron chi connectivity index (χ3n) is 6.44. The number of ether oxygens (including phenoxy) is 1. The van der Waals surface area contributed by atoms with Gasteiger partial charge in [0.05, 0.1) is 11.1 Å². The molecule has 0 unspecified atom stereocenters. The standard InChI is InChI=1S/C24H28FNO2Si/c1-3-24(13-11-21(12-14-24)29-4-2)19-8-5-17(6-9-19)23(27)28-20-10-7-18(16-26)22(25)15-20/h5-10,15,21H,3-4,11-14,29H2,1-2H3/t21-,24-. The first-order valence-electron chi connectivity index (χ1n) is 10.5. The second-order valence-electron chi connectivity index (χ2n) is 8.09. The molecule has 0 bridgehead atoms. The Balaban J connectivity index is 1.70. The Labute approximate surface area is 174 Å². The van der Waals surface area contributed by atoms with Crippen LogP contribution in [0.3, 0.4) is 0 Å². The number of esters is 1. The van der Waals surface area contributed by atoms with E-state index in [1.54, 1.807) is 6.07 Å². The number of hydrogen-bond acceptors (Lipinski definition) is 3. The van der Waals surface area contributed by atoms with Crippen molar-refractivity contribution in [1.82, 2.24) is 0 Å². The van der Waals surface area contributed by atoms with E-state index in [0.717, 1.165) is 18.0 Å². The van der Waals surface area contributed by atoms with Gasteiger partial charge >= 0.3 is 5.97 Å². The average Bonchev–Trinajstić information content (AvgIpc) is 2.75. The molecular weight excluding hydrogens is 381 g/mol. The highest BCUT2D eigenvalue weighted by Crippen LogP contribution is 2.45. The minimum absolute atomic E-state index is 0.0738. The van der Waals surface area contributed by atoms with Gasteiger partial charge in [-0.05, 0) is 54.5 Å². The first kappa shape index (κ1) is 21.3. The van der Waals surface area contributed by atoms with Crippen LogP contribution in [0, 0.1) is 17.1 Å². The summed E-state index contributed by atoms with van der Waals surface area (Å²) in [6.45, 7) is 4.58. The van der Waals surface area contributed by atoms with Crippen LogP contribution in [0.1, 0.15) is 67.4 Å². The van der Waals surface area contributed by atoms with E-state index in [1.165, 1.54) is 49.4 Å². The molecule has 0 saturated heterocycles. The summed E-state index contributed by atoms with van der Waals surface area (Å²) < 4.78 is 19.0. The average molecular weight is 410 g/mol. The smallest absolute Gasteiger partial charge is 0.343 e. The Morgan fingerprint density at radius 1 is 1.21 bits per heavy atom. The first-order valence-corrected chi connectivity index (χ1v) is 12.4. The lowest BCUT2D eigenvalue weighted by Crippen LogP contribution is -2.31. The predicted octanol–water partition coefficient (Wildman–Crippen LogP) is 5.53. The van der Waals surface area contributed by atoms with Crippen LogP contribution in [-0.2, 0) is 5.41 Å². The molecule has 1 aliphatic carbocycles. The third kappa shape index (κ3) is 4.76. The van der Waals surface area contributed by atoms with Crippen LogP contribution in [0.2, 0.25) is 11.6 Å². The van der Waals surface area contributed by atoms with Gasteiger partial charge in [-0.3, -0.25) is 0 Å². The number of carbonyl (C=O) groups excluding carboxylic acids is 1. The maximum atomic E-state index is 13.7. The molecule has 1 aliphatic rings. The molecule has 1 fully saturated rings. The summed E-state index contributed by atoms with van der Waals surface area (Å²) in [6.07, 6.45) is 6.25. The van der Waals surface area contributed by atoms with Crippen molar-refractivity contribution in [1.29, 1.82) is 5.26 Å². The number of hydrogen-bond donors (Lipinski definition) is 0. The van der Waals surface area contributed by atoms with Crippen molar-refractivity contribution in [3.63, 3.8) is 0 Å². The molecule has 0 aliphatic heterocycles. The van der Waals surface area contributed by atoms with Gasteiger partial charge in [0.2, 0.25) is 0 Å². The minimum atomic E-state index is -0.695. The van der Waals surface area contributed by atoms with Gasteiger partial charge in [-0.1, -0.05) is 50.4 Å². The molecule has 29 heavy (non-hydrogen) atoms. The Hall–Kier alpha value is -2.45. The number of rotatable bonds is 6. The monoisotopic (exact) mass is 409 g/mol. The highest BCUT2D eigenvalue weighted by molar-refractivity contribution is 6.37. The van der Waals surface area contributed by atoms with Crippen LogP contribution in [-0.4, -0.2) is 15.5 Å². The van der Waals surface area contributed by atoms with E-state index >= 15 is 0 Å². The number of nitriles is 1. The number of carbonyl (C=O) groups is 1. The van der Waals surface area contributed by atoms with Gasteiger partial charge in [-0.15, -0.1) is 0 Å². The maximum absolute atomic E-state index is 13.7. The van der Waals surface area contributed by atoms with Gasteiger partial charge in [0, 0.05) is 15.6 Å². The fraction of sp³-hybridized carbons (Fsp3) is 0.417. The molecule has 5 heteroatoms. The largest absolute Gasteiger partial charge is 0.423 e. The van der Waals surface area contributed by atoms with Crippen LogP contribution in [0.4, 0.5) is 4.39 Å². The molecule has 152 valence electrons. The van der Waals surface area contributed by atoms with Crippen molar-refractivity contribution < 1.29 is 13.9 Å². The zero-order chi connectivity index (χ0) is 20.9. The second-order valence-corrected chi connectivity index (χ2v) is 10.8. The first-order chi connectivity index (χ1) is 14.0. The normalized spacial score (nSPS) is 21.8. The molecule has 3 rings (SSSR count). The van der Waals surface area contributed by atoms with Gasteiger partial charge in [-0.25, -0.2) is 9.18 Å². The van der Waals surface area contributed by atoms with Crippen molar-refractivity contribution in [2.45, 2.75) is 63.0 Å². The van der Waals surface area contributed by atoms with E-state index in [0.29, 0.717) is 5.56 Å². The summed E-state index contributed by atoms with van der Waals surface area (Å²) >= 11 is 0. The number of benzene rings is 2. The molecule has 3 nitrogen and oxygen atoms in total. The van der Waals surface area contributed by atoms with Crippen molar-refractivity contribution in [3.05, 3.63) is 65.0 Å². The lowest BCUT2D eigenvalue weighted by atomic mass is 9.67. The van der Waals surface area contributed by atoms with E-state index in [9.17, 15) is 9.18 Å². The van der Waals surface area contributed by atoms with Gasteiger partial charge in [0.15, 0.2) is 0 Å². The third-order valence-corrected chi connectivity index (χ3v) is 8.65. The quantitative estimate of drug-likeness (QED) is 0.358. The molecule has 0 heterocycles. The van der Waals surface area contributed by atoms with E-state index in [-0.39, 0.29) is 26.2 Å². The Bertz CT molecular complexity index is 896. The molecule has 0 aromatic heterocycles. The molecule has 0 amide bonds. The highest BCUT2D eigenvalue weighted by Gasteiger charge is 2.35. The SMILES string of the molecule is CC[SiH2][C@H]1CC[C@](CC)(c2ccc(C(=O)Oc3ccc(C#N)c(F)c3)cc2)CC1. The zero-order valence-corrected chi connectivity index (χ0v) is 18.6. The van der Waals surface area contributed by atoms with Gasteiger partial charge in [0.25, 0.3) is 0 Å². The topological polar surface area (TPSA) is 50.1 Å². The van der Waals surface area contributed by atoms with E-state index in [1.807, 2.05) is 12.1 Å². The maximum Gasteiger partial charge on any atom is 0.343 e. The summed E-state index contributed by atoms with van der Waals surface area (Å²) in [5.41, 5.74) is 2.88. The molecule has 1 saturated carbocycles. The van der Waals surface area contributed by atoms with Crippen molar-refractivity contribution >= 4 is 15.5 Å². The van der Waals surface area contributed by atoms with E-state index < -0.39 is 11.8 Å². The van der Waals surface area contributed by atoms with Crippen LogP contribution in [0.25, 0.3) is 0 Å². The Morgan fingerprint density at radius 3 is 2.45 bits per heavy atom. The van der Waals surface area contributed by atoms with Crippen LogP contribution in [0.15, 0.2) is 42.5 Å². The van der Waals surface area contributed by atoms with Crippen LogP contribution in [0.5, 0.6) is 5.75 Å². The molecule has 2 aromatic rings. The van der Waals surface area contributed by atoms with Crippen molar-refractivity contribution in [3.8, 4) is 11.8 Å². The van der Waals surface area contributed by atoms with Crippen LogP contribution < -0.4 is 4.74 Å². The highest BCUT2D eigenvalue weighted by atomic mass is 28.2. The van der Waals surface area contributed by atoms with Crippen molar-refractivity contribution in [2.24, 2.45) is 0 Å². The summed E-state index contributed by atoms with van der Waals surface area (Å²) in [6, 6.07) is 14.7. The number of halogens is 1. The molecule has 0 spiro atoms.